The normalized spacial score (nSPS) is 10.2. The van der Waals surface area contributed by atoms with Gasteiger partial charge >= 0.3 is 0 Å². The van der Waals surface area contributed by atoms with Gasteiger partial charge in [-0.2, -0.15) is 5.10 Å². The molecule has 1 amide bonds. The number of rotatable bonds is 5. The van der Waals surface area contributed by atoms with Crippen LogP contribution >= 0.6 is 0 Å². The highest BCUT2D eigenvalue weighted by atomic mass is 16.3. The summed E-state index contributed by atoms with van der Waals surface area (Å²) in [6.07, 6.45) is 3.42. The Bertz CT molecular complexity index is 565. The standard InChI is InChI=1S/C13H16N4O2/c1-14-13(19)9-17-8-11(7-16-17)15-6-10-3-2-4-12(18)5-10/h2-5,7-8,15,18H,6,9H2,1H3,(H,14,19). The van der Waals surface area contributed by atoms with Gasteiger partial charge in [-0.05, 0) is 17.7 Å². The molecule has 0 fully saturated rings. The van der Waals surface area contributed by atoms with Crippen molar-refractivity contribution < 1.29 is 9.90 Å². The number of benzene rings is 1. The average molecular weight is 260 g/mol. The van der Waals surface area contributed by atoms with Gasteiger partial charge in [-0.1, -0.05) is 12.1 Å². The Kier molecular flexibility index (Phi) is 4.02. The van der Waals surface area contributed by atoms with E-state index in [1.165, 1.54) is 0 Å². The second-order valence-electron chi connectivity index (χ2n) is 4.12. The van der Waals surface area contributed by atoms with Crippen LogP contribution in [0.1, 0.15) is 5.56 Å². The third-order valence-electron chi connectivity index (χ3n) is 2.62. The first-order valence-corrected chi connectivity index (χ1v) is 5.92. The lowest BCUT2D eigenvalue weighted by Crippen LogP contribution is -2.23. The van der Waals surface area contributed by atoms with Crippen molar-refractivity contribution in [2.24, 2.45) is 0 Å². The molecule has 1 aromatic carbocycles. The van der Waals surface area contributed by atoms with Crippen molar-refractivity contribution in [2.75, 3.05) is 12.4 Å². The van der Waals surface area contributed by atoms with Crippen molar-refractivity contribution in [3.8, 4) is 5.75 Å². The number of amides is 1. The monoisotopic (exact) mass is 260 g/mol. The number of phenols is 1. The van der Waals surface area contributed by atoms with Crippen molar-refractivity contribution in [3.63, 3.8) is 0 Å². The average Bonchev–Trinajstić information content (AvgIpc) is 2.84. The quantitative estimate of drug-likeness (QED) is 0.747. The maximum absolute atomic E-state index is 11.2. The molecule has 0 radical (unpaired) electrons. The van der Waals surface area contributed by atoms with E-state index >= 15 is 0 Å². The van der Waals surface area contributed by atoms with E-state index in [1.54, 1.807) is 42.3 Å². The first-order valence-electron chi connectivity index (χ1n) is 5.92. The zero-order chi connectivity index (χ0) is 13.7. The topological polar surface area (TPSA) is 79.2 Å². The summed E-state index contributed by atoms with van der Waals surface area (Å²) in [7, 11) is 1.59. The first-order chi connectivity index (χ1) is 9.17. The van der Waals surface area contributed by atoms with Gasteiger partial charge in [0.1, 0.15) is 12.3 Å². The van der Waals surface area contributed by atoms with E-state index in [-0.39, 0.29) is 18.2 Å². The molecule has 0 unspecified atom stereocenters. The number of nitrogens with one attached hydrogen (secondary N) is 2. The van der Waals surface area contributed by atoms with Crippen LogP contribution in [0.2, 0.25) is 0 Å². The minimum atomic E-state index is -0.0948. The third-order valence-corrected chi connectivity index (χ3v) is 2.62. The van der Waals surface area contributed by atoms with E-state index in [1.807, 2.05) is 6.07 Å². The second kappa shape index (κ2) is 5.90. The summed E-state index contributed by atoms with van der Waals surface area (Å²) in [6.45, 7) is 0.782. The smallest absolute Gasteiger partial charge is 0.241 e. The number of nitrogens with zero attached hydrogens (tertiary/aromatic N) is 2. The van der Waals surface area contributed by atoms with Crippen LogP contribution in [0.4, 0.5) is 5.69 Å². The molecule has 3 N–H and O–H groups in total. The van der Waals surface area contributed by atoms with Crippen molar-refractivity contribution in [3.05, 3.63) is 42.2 Å². The summed E-state index contributed by atoms with van der Waals surface area (Å²) < 4.78 is 1.56. The number of carbonyl (C=O) groups is 1. The van der Waals surface area contributed by atoms with Gasteiger partial charge in [0.15, 0.2) is 0 Å². The largest absolute Gasteiger partial charge is 0.508 e. The lowest BCUT2D eigenvalue weighted by Gasteiger charge is -2.04. The number of likely N-dealkylation sites (N-methyl/N-ethyl adjacent to an activating group) is 1. The Morgan fingerprint density at radius 3 is 3.05 bits per heavy atom. The fourth-order valence-corrected chi connectivity index (χ4v) is 1.64. The molecule has 6 heteroatoms. The van der Waals surface area contributed by atoms with Crippen molar-refractivity contribution in [1.29, 1.82) is 0 Å². The molecular formula is C13H16N4O2. The number of phenolic OH excluding ortho intramolecular Hbond substituents is 1. The molecule has 100 valence electrons. The minimum absolute atomic E-state index is 0.0948. The third kappa shape index (κ3) is 3.74. The Morgan fingerprint density at radius 1 is 1.47 bits per heavy atom. The zero-order valence-corrected chi connectivity index (χ0v) is 10.6. The first kappa shape index (κ1) is 12.9. The maximum atomic E-state index is 11.2. The Hall–Kier alpha value is -2.50. The summed E-state index contributed by atoms with van der Waals surface area (Å²) in [5, 5.41) is 19.1. The molecule has 0 aliphatic carbocycles. The van der Waals surface area contributed by atoms with Crippen LogP contribution in [-0.4, -0.2) is 27.8 Å². The zero-order valence-electron chi connectivity index (χ0n) is 10.6. The summed E-state index contributed by atoms with van der Waals surface area (Å²) in [5.41, 5.74) is 1.80. The lowest BCUT2D eigenvalue weighted by atomic mass is 10.2. The fourth-order valence-electron chi connectivity index (χ4n) is 1.64. The minimum Gasteiger partial charge on any atom is -0.508 e. The van der Waals surface area contributed by atoms with Crippen LogP contribution in [-0.2, 0) is 17.9 Å². The van der Waals surface area contributed by atoms with Gasteiger partial charge in [0.25, 0.3) is 0 Å². The molecule has 0 saturated carbocycles. The number of hydrogen-bond donors (Lipinski definition) is 3. The Morgan fingerprint density at radius 2 is 2.32 bits per heavy atom. The molecule has 0 spiro atoms. The van der Waals surface area contributed by atoms with Crippen LogP contribution in [0, 0.1) is 0 Å². The predicted octanol–water partition coefficient (Wildman–Crippen LogP) is 0.947. The molecule has 0 atom stereocenters. The molecule has 0 saturated heterocycles. The number of aromatic hydroxyl groups is 1. The summed E-state index contributed by atoms with van der Waals surface area (Å²) in [6, 6.07) is 7.04. The highest BCUT2D eigenvalue weighted by molar-refractivity contribution is 5.75. The van der Waals surface area contributed by atoms with E-state index < -0.39 is 0 Å². The van der Waals surface area contributed by atoms with E-state index in [2.05, 4.69) is 15.7 Å². The number of carbonyl (C=O) groups excluding carboxylic acids is 1. The maximum Gasteiger partial charge on any atom is 0.241 e. The molecule has 2 aromatic rings. The molecule has 0 bridgehead atoms. The van der Waals surface area contributed by atoms with Crippen LogP contribution in [0.5, 0.6) is 5.75 Å². The molecule has 0 aliphatic rings. The van der Waals surface area contributed by atoms with Crippen molar-refractivity contribution in [2.45, 2.75) is 13.1 Å². The fraction of sp³-hybridized carbons (Fsp3) is 0.231. The van der Waals surface area contributed by atoms with Crippen LogP contribution in [0.15, 0.2) is 36.7 Å². The van der Waals surface area contributed by atoms with Crippen LogP contribution < -0.4 is 10.6 Å². The highest BCUT2D eigenvalue weighted by Crippen LogP contribution is 2.13. The van der Waals surface area contributed by atoms with E-state index in [9.17, 15) is 9.90 Å². The lowest BCUT2D eigenvalue weighted by molar-refractivity contribution is -0.121. The van der Waals surface area contributed by atoms with Crippen molar-refractivity contribution >= 4 is 11.6 Å². The second-order valence-corrected chi connectivity index (χ2v) is 4.12. The highest BCUT2D eigenvalue weighted by Gasteiger charge is 2.02. The van der Waals surface area contributed by atoms with E-state index in [4.69, 9.17) is 0 Å². The van der Waals surface area contributed by atoms with Gasteiger partial charge < -0.3 is 15.7 Å². The van der Waals surface area contributed by atoms with Gasteiger partial charge in [-0.25, -0.2) is 0 Å². The molecule has 6 nitrogen and oxygen atoms in total. The van der Waals surface area contributed by atoms with Gasteiger partial charge in [0, 0.05) is 19.8 Å². The van der Waals surface area contributed by atoms with Crippen LogP contribution in [0.25, 0.3) is 0 Å². The van der Waals surface area contributed by atoms with Crippen LogP contribution in [0.3, 0.4) is 0 Å². The summed E-state index contributed by atoms with van der Waals surface area (Å²) in [4.78, 5) is 11.2. The van der Waals surface area contributed by atoms with E-state index in [0.717, 1.165) is 11.3 Å². The Balaban J connectivity index is 1.91. The summed E-state index contributed by atoms with van der Waals surface area (Å²) in [5.74, 6) is 0.150. The number of aromatic nitrogens is 2. The van der Waals surface area contributed by atoms with Gasteiger partial charge in [-0.3, -0.25) is 9.48 Å². The van der Waals surface area contributed by atoms with Gasteiger partial charge in [0.2, 0.25) is 5.91 Å². The predicted molar refractivity (Wildman–Crippen MR) is 71.7 cm³/mol. The molecule has 2 rings (SSSR count). The van der Waals surface area contributed by atoms with Gasteiger partial charge in [-0.15, -0.1) is 0 Å². The number of hydrogen-bond acceptors (Lipinski definition) is 4. The molecule has 19 heavy (non-hydrogen) atoms. The molecular weight excluding hydrogens is 244 g/mol. The SMILES string of the molecule is CNC(=O)Cn1cc(NCc2cccc(O)c2)cn1. The number of anilines is 1. The molecule has 1 aromatic heterocycles. The molecule has 1 heterocycles. The van der Waals surface area contributed by atoms with Gasteiger partial charge in [0.05, 0.1) is 11.9 Å². The Labute approximate surface area is 111 Å². The summed E-state index contributed by atoms with van der Waals surface area (Å²) >= 11 is 0. The van der Waals surface area contributed by atoms with E-state index in [0.29, 0.717) is 6.54 Å². The molecule has 0 aliphatic heterocycles. The van der Waals surface area contributed by atoms with Crippen molar-refractivity contribution in [1.82, 2.24) is 15.1 Å².